The molecule has 0 spiro atoms. The van der Waals surface area contributed by atoms with Crippen LogP contribution in [0.2, 0.25) is 0 Å². The molecule has 2 aliphatic heterocycles. The van der Waals surface area contributed by atoms with Crippen LogP contribution in [0.5, 0.6) is 0 Å². The van der Waals surface area contributed by atoms with Gasteiger partial charge in [-0.15, -0.1) is 0 Å². The maximum Gasteiger partial charge on any atom is 0.257 e. The molecule has 0 aromatic heterocycles. The van der Waals surface area contributed by atoms with Gasteiger partial charge in [0.05, 0.1) is 5.92 Å². The van der Waals surface area contributed by atoms with E-state index in [1.807, 2.05) is 20.8 Å². The maximum atomic E-state index is 13.8. The molecule has 6 fully saturated rings. The predicted octanol–water partition coefficient (Wildman–Crippen LogP) is 0.557. The van der Waals surface area contributed by atoms with Crippen LogP contribution in [0.15, 0.2) is 0 Å². The SMILES string of the molecule is CC(C)(C)[C@H](NC(=O)C12CC(C1)C2)C(=O)N1C[C@H]2[C@@H]([C@H]1C(=O)NNC[C@@H]1CCNC1=O)C2(C)C. The van der Waals surface area contributed by atoms with Crippen molar-refractivity contribution in [3.8, 4) is 0 Å². The van der Waals surface area contributed by atoms with Gasteiger partial charge in [-0.3, -0.25) is 24.6 Å². The fourth-order valence-corrected chi connectivity index (χ4v) is 6.84. The molecule has 2 saturated heterocycles. The maximum absolute atomic E-state index is 13.8. The standard InChI is InChI=1S/C25H39N5O4/c1-23(2,3)18(28-22(34)25-8-13(9-25)10-25)21(33)30-12-15-16(24(15,4)5)17(30)20(32)29-27-11-14-6-7-26-19(14)31/h13-18,27H,6-12H2,1-5H3,(H,26,31)(H,28,34)(H,29,32)/t13?,14-,15-,16-,17-,18+,25?/m0/s1. The number of amides is 4. The fourth-order valence-electron chi connectivity index (χ4n) is 6.84. The van der Waals surface area contributed by atoms with Gasteiger partial charge in [0, 0.05) is 25.0 Å². The van der Waals surface area contributed by atoms with Gasteiger partial charge in [-0.25, -0.2) is 5.43 Å². The molecule has 4 saturated carbocycles. The van der Waals surface area contributed by atoms with Crippen molar-refractivity contribution < 1.29 is 19.2 Å². The van der Waals surface area contributed by atoms with E-state index < -0.39 is 17.5 Å². The first-order chi connectivity index (χ1) is 15.8. The normalized spacial score (nSPS) is 37.6. The second-order valence-electron chi connectivity index (χ2n) is 13.1. The van der Waals surface area contributed by atoms with Crippen LogP contribution >= 0.6 is 0 Å². The Labute approximate surface area is 201 Å². The van der Waals surface area contributed by atoms with Crippen molar-refractivity contribution in [1.82, 2.24) is 26.4 Å². The Bertz CT molecular complexity index is 908. The molecule has 9 heteroatoms. The second kappa shape index (κ2) is 7.67. The molecule has 6 aliphatic rings. The van der Waals surface area contributed by atoms with E-state index in [2.05, 4.69) is 35.3 Å². The lowest BCUT2D eigenvalue weighted by atomic mass is 9.44. The Morgan fingerprint density at radius 1 is 1.18 bits per heavy atom. The third-order valence-electron chi connectivity index (χ3n) is 9.39. The molecular formula is C25H39N5O4. The second-order valence-corrected chi connectivity index (χ2v) is 13.1. The summed E-state index contributed by atoms with van der Waals surface area (Å²) >= 11 is 0. The highest BCUT2D eigenvalue weighted by Gasteiger charge is 2.70. The van der Waals surface area contributed by atoms with Gasteiger partial charge in [0.2, 0.25) is 17.7 Å². The van der Waals surface area contributed by atoms with E-state index in [0.717, 1.165) is 25.7 Å². The summed E-state index contributed by atoms with van der Waals surface area (Å²) < 4.78 is 0. The zero-order valence-corrected chi connectivity index (χ0v) is 21.0. The molecule has 6 rings (SSSR count). The molecule has 34 heavy (non-hydrogen) atoms. The van der Waals surface area contributed by atoms with Crippen LogP contribution < -0.4 is 21.5 Å². The topological polar surface area (TPSA) is 120 Å². The number of carbonyl (C=O) groups excluding carboxylic acids is 4. The Hall–Kier alpha value is -2.16. The summed E-state index contributed by atoms with van der Waals surface area (Å²) in [5, 5.41) is 5.88. The summed E-state index contributed by atoms with van der Waals surface area (Å²) in [4.78, 5) is 53.7. The molecule has 4 N–H and O–H groups in total. The monoisotopic (exact) mass is 473 g/mol. The van der Waals surface area contributed by atoms with Gasteiger partial charge in [0.1, 0.15) is 12.1 Å². The first-order valence-electron chi connectivity index (χ1n) is 12.8. The summed E-state index contributed by atoms with van der Waals surface area (Å²) in [5.74, 6) is 0.431. The highest BCUT2D eigenvalue weighted by Crippen LogP contribution is 2.65. The highest BCUT2D eigenvalue weighted by molar-refractivity contribution is 5.95. The number of hydrogen-bond acceptors (Lipinski definition) is 5. The van der Waals surface area contributed by atoms with Crippen molar-refractivity contribution in [2.75, 3.05) is 19.6 Å². The van der Waals surface area contributed by atoms with Crippen molar-refractivity contribution >= 4 is 23.6 Å². The molecular weight excluding hydrogens is 434 g/mol. The quantitative estimate of drug-likeness (QED) is 0.403. The number of hydrazine groups is 1. The number of fused-ring (bicyclic) bond motifs is 1. The molecule has 0 aromatic carbocycles. The van der Waals surface area contributed by atoms with Gasteiger partial charge >= 0.3 is 0 Å². The number of nitrogens with zero attached hydrogens (tertiary/aromatic N) is 1. The molecule has 5 atom stereocenters. The van der Waals surface area contributed by atoms with Gasteiger partial charge in [-0.05, 0) is 54.3 Å². The molecule has 2 bridgehead atoms. The average molecular weight is 474 g/mol. The predicted molar refractivity (Wildman–Crippen MR) is 125 cm³/mol. The number of hydrogen-bond donors (Lipinski definition) is 4. The molecule has 2 heterocycles. The van der Waals surface area contributed by atoms with E-state index in [1.165, 1.54) is 0 Å². The van der Waals surface area contributed by atoms with Crippen LogP contribution in [0.1, 0.15) is 60.3 Å². The van der Waals surface area contributed by atoms with E-state index in [9.17, 15) is 19.2 Å². The van der Waals surface area contributed by atoms with Crippen LogP contribution in [0.3, 0.4) is 0 Å². The van der Waals surface area contributed by atoms with Gasteiger partial charge in [0.15, 0.2) is 0 Å². The van der Waals surface area contributed by atoms with Crippen molar-refractivity contribution in [3.05, 3.63) is 0 Å². The minimum absolute atomic E-state index is 0.00353. The van der Waals surface area contributed by atoms with Gasteiger partial charge in [-0.1, -0.05) is 34.6 Å². The smallest absolute Gasteiger partial charge is 0.257 e. The molecule has 0 aromatic rings. The van der Waals surface area contributed by atoms with Gasteiger partial charge < -0.3 is 15.5 Å². The van der Waals surface area contributed by atoms with E-state index in [0.29, 0.717) is 25.6 Å². The Morgan fingerprint density at radius 2 is 1.85 bits per heavy atom. The lowest BCUT2D eigenvalue weighted by Crippen LogP contribution is -2.66. The lowest BCUT2D eigenvalue weighted by Gasteiger charge is -2.60. The summed E-state index contributed by atoms with van der Waals surface area (Å²) in [5.41, 5.74) is 4.94. The van der Waals surface area contributed by atoms with Crippen LogP contribution in [0.25, 0.3) is 0 Å². The molecule has 188 valence electrons. The molecule has 9 nitrogen and oxygen atoms in total. The third-order valence-corrected chi connectivity index (χ3v) is 9.39. The summed E-state index contributed by atoms with van der Waals surface area (Å²) in [6.45, 7) is 11.7. The Balaban J connectivity index is 1.27. The number of piperidine rings is 1. The van der Waals surface area contributed by atoms with Gasteiger partial charge in [0.25, 0.3) is 5.91 Å². The fraction of sp³-hybridized carbons (Fsp3) is 0.840. The molecule has 4 aliphatic carbocycles. The molecule has 0 radical (unpaired) electrons. The zero-order valence-electron chi connectivity index (χ0n) is 21.0. The first kappa shape index (κ1) is 23.6. The number of rotatable bonds is 7. The van der Waals surface area contributed by atoms with Crippen molar-refractivity contribution in [1.29, 1.82) is 0 Å². The van der Waals surface area contributed by atoms with E-state index in [4.69, 9.17) is 0 Å². The zero-order chi connectivity index (χ0) is 24.6. The Morgan fingerprint density at radius 3 is 2.38 bits per heavy atom. The summed E-state index contributed by atoms with van der Waals surface area (Å²) in [6, 6.07) is -1.27. The lowest BCUT2D eigenvalue weighted by molar-refractivity contribution is -0.168. The molecule has 0 unspecified atom stereocenters. The first-order valence-corrected chi connectivity index (χ1v) is 12.8. The van der Waals surface area contributed by atoms with Crippen molar-refractivity contribution in [2.24, 2.45) is 39.9 Å². The van der Waals surface area contributed by atoms with Crippen LogP contribution in [0.4, 0.5) is 0 Å². The average Bonchev–Trinajstić information content (AvgIpc) is 3.04. The Kier molecular flexibility index (Phi) is 5.32. The van der Waals surface area contributed by atoms with E-state index in [1.54, 1.807) is 4.90 Å². The molecule has 4 amide bonds. The number of likely N-dealkylation sites (tertiary alicyclic amines) is 1. The number of carbonyl (C=O) groups is 4. The highest BCUT2D eigenvalue weighted by atomic mass is 16.2. The minimum atomic E-state index is -0.680. The summed E-state index contributed by atoms with van der Waals surface area (Å²) in [7, 11) is 0. The van der Waals surface area contributed by atoms with Crippen molar-refractivity contribution in [2.45, 2.75) is 72.4 Å². The largest absolute Gasteiger partial charge is 0.356 e. The van der Waals surface area contributed by atoms with Crippen LogP contribution in [0, 0.1) is 39.9 Å². The third kappa shape index (κ3) is 3.62. The van der Waals surface area contributed by atoms with E-state index in [-0.39, 0.29) is 52.2 Å². The summed E-state index contributed by atoms with van der Waals surface area (Å²) in [6.07, 6.45) is 3.54. The van der Waals surface area contributed by atoms with Gasteiger partial charge in [-0.2, -0.15) is 0 Å². The van der Waals surface area contributed by atoms with Crippen molar-refractivity contribution in [3.63, 3.8) is 0 Å². The van der Waals surface area contributed by atoms with Crippen LogP contribution in [-0.2, 0) is 19.2 Å². The van der Waals surface area contributed by atoms with E-state index >= 15 is 0 Å². The number of nitrogens with one attached hydrogen (secondary N) is 4. The van der Waals surface area contributed by atoms with Crippen LogP contribution in [-0.4, -0.2) is 60.2 Å². The minimum Gasteiger partial charge on any atom is -0.356 e.